The average Bonchev–Trinajstić information content (AvgIpc) is 2.37. The molecular weight excluding hydrogens is 270 g/mol. The fourth-order valence-corrected chi connectivity index (χ4v) is 1.46. The van der Waals surface area contributed by atoms with E-state index in [2.05, 4.69) is 5.32 Å². The summed E-state index contributed by atoms with van der Waals surface area (Å²) in [7, 11) is 0. The number of carbonyl (C=O) groups is 3. The van der Waals surface area contributed by atoms with Crippen LogP contribution in [0.25, 0.3) is 0 Å². The Morgan fingerprint density at radius 1 is 1.16 bits per heavy atom. The van der Waals surface area contributed by atoms with Crippen LogP contribution in [0.2, 0.25) is 0 Å². The molecule has 7 heteroatoms. The summed E-state index contributed by atoms with van der Waals surface area (Å²) in [6, 6.07) is 4.01. The minimum Gasteiger partial charge on any atom is -0.366 e. The summed E-state index contributed by atoms with van der Waals surface area (Å²) in [5.74, 6) is -2.01. The lowest BCUT2D eigenvalue weighted by Crippen LogP contribution is -2.22. The van der Waals surface area contributed by atoms with Crippen molar-refractivity contribution in [3.8, 4) is 0 Å². The molecular formula is C12H14ClN3O3. The number of carbonyl (C=O) groups excluding carboxylic acids is 3. The highest BCUT2D eigenvalue weighted by Crippen LogP contribution is 2.16. The molecule has 102 valence electrons. The van der Waals surface area contributed by atoms with E-state index in [9.17, 15) is 14.4 Å². The minimum absolute atomic E-state index is 0.0881. The van der Waals surface area contributed by atoms with Crippen molar-refractivity contribution in [3.63, 3.8) is 0 Å². The SMILES string of the molecule is CC(CCl)C(=O)Nc1cc(C(N)=O)cc(C(N)=O)c1. The molecule has 0 aliphatic carbocycles. The van der Waals surface area contributed by atoms with Crippen molar-refractivity contribution in [2.75, 3.05) is 11.2 Å². The third kappa shape index (κ3) is 3.96. The van der Waals surface area contributed by atoms with Gasteiger partial charge in [-0.2, -0.15) is 0 Å². The Hall–Kier alpha value is -2.08. The number of benzene rings is 1. The lowest BCUT2D eigenvalue weighted by atomic mass is 10.1. The maximum Gasteiger partial charge on any atom is 0.248 e. The second kappa shape index (κ2) is 6.19. The van der Waals surface area contributed by atoms with Crippen LogP contribution in [0.5, 0.6) is 0 Å². The highest BCUT2D eigenvalue weighted by Gasteiger charge is 2.14. The second-order valence-corrected chi connectivity index (χ2v) is 4.38. The monoisotopic (exact) mass is 283 g/mol. The quantitative estimate of drug-likeness (QED) is 0.691. The minimum atomic E-state index is -0.719. The number of primary amides is 2. The fraction of sp³-hybridized carbons (Fsp3) is 0.250. The summed E-state index contributed by atoms with van der Waals surface area (Å²) in [5, 5.41) is 2.54. The molecule has 0 aliphatic rings. The van der Waals surface area contributed by atoms with Gasteiger partial charge in [-0.3, -0.25) is 14.4 Å². The molecule has 1 rings (SSSR count). The molecule has 0 saturated heterocycles. The molecule has 1 aromatic rings. The van der Waals surface area contributed by atoms with Gasteiger partial charge in [-0.15, -0.1) is 11.6 Å². The number of halogens is 1. The third-order valence-electron chi connectivity index (χ3n) is 2.45. The molecule has 6 nitrogen and oxygen atoms in total. The molecule has 0 spiro atoms. The van der Waals surface area contributed by atoms with Gasteiger partial charge in [0.15, 0.2) is 0 Å². The predicted molar refractivity (Wildman–Crippen MR) is 72.0 cm³/mol. The van der Waals surface area contributed by atoms with Crippen LogP contribution in [0, 0.1) is 5.92 Å². The summed E-state index contributed by atoms with van der Waals surface area (Å²) in [5.41, 5.74) is 10.7. The fourth-order valence-electron chi connectivity index (χ4n) is 1.32. The molecule has 1 unspecified atom stereocenters. The van der Waals surface area contributed by atoms with Crippen LogP contribution in [0.1, 0.15) is 27.6 Å². The van der Waals surface area contributed by atoms with Crippen LogP contribution >= 0.6 is 11.6 Å². The first-order chi connectivity index (χ1) is 8.85. The van der Waals surface area contributed by atoms with Gasteiger partial charge < -0.3 is 16.8 Å². The van der Waals surface area contributed by atoms with E-state index in [4.69, 9.17) is 23.1 Å². The summed E-state index contributed by atoms with van der Waals surface area (Å²) in [6.07, 6.45) is 0. The van der Waals surface area contributed by atoms with Gasteiger partial charge in [-0.05, 0) is 18.2 Å². The number of hydrogen-bond acceptors (Lipinski definition) is 3. The third-order valence-corrected chi connectivity index (χ3v) is 2.91. The second-order valence-electron chi connectivity index (χ2n) is 4.07. The van der Waals surface area contributed by atoms with E-state index < -0.39 is 17.7 Å². The van der Waals surface area contributed by atoms with E-state index in [-0.39, 0.29) is 28.6 Å². The van der Waals surface area contributed by atoms with E-state index in [1.807, 2.05) is 0 Å². The zero-order chi connectivity index (χ0) is 14.6. The van der Waals surface area contributed by atoms with Crippen LogP contribution in [-0.2, 0) is 4.79 Å². The molecule has 0 aromatic heterocycles. The van der Waals surface area contributed by atoms with Crippen molar-refractivity contribution in [1.29, 1.82) is 0 Å². The first-order valence-corrected chi connectivity index (χ1v) is 6.00. The Labute approximate surface area is 115 Å². The number of alkyl halides is 1. The van der Waals surface area contributed by atoms with E-state index in [1.54, 1.807) is 6.92 Å². The van der Waals surface area contributed by atoms with E-state index >= 15 is 0 Å². The van der Waals surface area contributed by atoms with Crippen molar-refractivity contribution in [1.82, 2.24) is 0 Å². The molecule has 0 radical (unpaired) electrons. The molecule has 0 heterocycles. The first kappa shape index (κ1) is 15.0. The zero-order valence-corrected chi connectivity index (χ0v) is 11.0. The maximum atomic E-state index is 11.7. The average molecular weight is 284 g/mol. The van der Waals surface area contributed by atoms with Crippen LogP contribution in [-0.4, -0.2) is 23.6 Å². The number of nitrogens with two attached hydrogens (primary N) is 2. The molecule has 1 atom stereocenters. The number of rotatable bonds is 5. The Bertz CT molecular complexity index is 499. The molecule has 5 N–H and O–H groups in total. The maximum absolute atomic E-state index is 11.7. The van der Waals surface area contributed by atoms with Gasteiger partial charge >= 0.3 is 0 Å². The Morgan fingerprint density at radius 2 is 1.63 bits per heavy atom. The zero-order valence-electron chi connectivity index (χ0n) is 10.3. The summed E-state index contributed by atoms with van der Waals surface area (Å²) >= 11 is 5.57. The van der Waals surface area contributed by atoms with Crippen LogP contribution in [0.15, 0.2) is 18.2 Å². The molecule has 0 saturated carbocycles. The molecule has 3 amide bonds. The van der Waals surface area contributed by atoms with E-state index in [0.717, 1.165) is 0 Å². The Kier molecular flexibility index (Phi) is 4.88. The van der Waals surface area contributed by atoms with Gasteiger partial charge in [0, 0.05) is 28.6 Å². The van der Waals surface area contributed by atoms with Crippen molar-refractivity contribution >= 4 is 35.0 Å². The van der Waals surface area contributed by atoms with Crippen molar-refractivity contribution in [3.05, 3.63) is 29.3 Å². The lowest BCUT2D eigenvalue weighted by Gasteiger charge is -2.11. The highest BCUT2D eigenvalue weighted by molar-refractivity contribution is 6.19. The molecule has 19 heavy (non-hydrogen) atoms. The smallest absolute Gasteiger partial charge is 0.248 e. The van der Waals surface area contributed by atoms with Gasteiger partial charge in [-0.25, -0.2) is 0 Å². The van der Waals surface area contributed by atoms with Crippen molar-refractivity contribution < 1.29 is 14.4 Å². The standard InChI is InChI=1S/C12H14ClN3O3/c1-6(5-13)12(19)16-9-3-7(10(14)17)2-8(4-9)11(15)18/h2-4,6H,5H2,1H3,(H2,14,17)(H2,15,18)(H,16,19). The lowest BCUT2D eigenvalue weighted by molar-refractivity contribution is -0.118. The van der Waals surface area contributed by atoms with Crippen LogP contribution in [0.4, 0.5) is 5.69 Å². The van der Waals surface area contributed by atoms with Crippen molar-refractivity contribution in [2.24, 2.45) is 17.4 Å². The Balaban J connectivity index is 3.10. The van der Waals surface area contributed by atoms with Crippen LogP contribution < -0.4 is 16.8 Å². The largest absolute Gasteiger partial charge is 0.366 e. The van der Waals surface area contributed by atoms with Crippen molar-refractivity contribution in [2.45, 2.75) is 6.92 Å². The summed E-state index contributed by atoms with van der Waals surface area (Å²) in [6.45, 7) is 1.65. The van der Waals surface area contributed by atoms with Crippen LogP contribution in [0.3, 0.4) is 0 Å². The first-order valence-electron chi connectivity index (χ1n) is 5.46. The molecule has 0 bridgehead atoms. The van der Waals surface area contributed by atoms with Gasteiger partial charge in [0.05, 0.1) is 0 Å². The topological polar surface area (TPSA) is 115 Å². The van der Waals surface area contributed by atoms with Gasteiger partial charge in [0.2, 0.25) is 17.7 Å². The molecule has 0 aliphatic heterocycles. The Morgan fingerprint density at radius 3 is 2.00 bits per heavy atom. The highest BCUT2D eigenvalue weighted by atomic mass is 35.5. The number of amides is 3. The number of nitrogens with one attached hydrogen (secondary N) is 1. The number of hydrogen-bond donors (Lipinski definition) is 3. The molecule has 0 fully saturated rings. The normalized spacial score (nSPS) is 11.7. The van der Waals surface area contributed by atoms with Gasteiger partial charge in [0.25, 0.3) is 0 Å². The van der Waals surface area contributed by atoms with E-state index in [0.29, 0.717) is 0 Å². The number of anilines is 1. The predicted octanol–water partition coefficient (Wildman–Crippen LogP) is 0.698. The molecule has 1 aromatic carbocycles. The van der Waals surface area contributed by atoms with Gasteiger partial charge in [-0.1, -0.05) is 6.92 Å². The summed E-state index contributed by atoms with van der Waals surface area (Å²) in [4.78, 5) is 34.0. The summed E-state index contributed by atoms with van der Waals surface area (Å²) < 4.78 is 0. The van der Waals surface area contributed by atoms with Gasteiger partial charge in [0.1, 0.15) is 0 Å². The van der Waals surface area contributed by atoms with E-state index in [1.165, 1.54) is 18.2 Å².